The molecule has 1 N–H and O–H groups in total. The first kappa shape index (κ1) is 9.65. The summed E-state index contributed by atoms with van der Waals surface area (Å²) < 4.78 is 2.06. The van der Waals surface area contributed by atoms with Gasteiger partial charge in [-0.15, -0.1) is 0 Å². The largest absolute Gasteiger partial charge is 0.396 e. The van der Waals surface area contributed by atoms with Crippen molar-refractivity contribution in [2.24, 2.45) is 0 Å². The van der Waals surface area contributed by atoms with Crippen LogP contribution < -0.4 is 9.88 Å². The molecule has 0 unspecified atom stereocenters. The molecule has 0 fully saturated rings. The fourth-order valence-corrected chi connectivity index (χ4v) is 1.41. The molecule has 0 radical (unpaired) electrons. The van der Waals surface area contributed by atoms with Gasteiger partial charge in [-0.1, -0.05) is 23.2 Å². The van der Waals surface area contributed by atoms with E-state index < -0.39 is 0 Å². The van der Waals surface area contributed by atoms with E-state index in [4.69, 9.17) is 0 Å². The summed E-state index contributed by atoms with van der Waals surface area (Å²) in [5.41, 5.74) is 1.05. The second-order valence-electron chi connectivity index (χ2n) is 3.22. The Labute approximate surface area is 89.4 Å². The maximum atomic E-state index is 4.30. The number of hydrogen-bond acceptors (Lipinski definition) is 2. The molecule has 0 saturated carbocycles. The van der Waals surface area contributed by atoms with Crippen molar-refractivity contribution in [3.8, 4) is 0 Å². The first-order chi connectivity index (χ1) is 7.40. The van der Waals surface area contributed by atoms with E-state index in [9.17, 15) is 0 Å². The van der Waals surface area contributed by atoms with E-state index in [-0.39, 0.29) is 0 Å². The van der Waals surface area contributed by atoms with Crippen molar-refractivity contribution in [1.82, 2.24) is 4.98 Å². The molecule has 3 heteroatoms. The Bertz CT molecular complexity index is 426. The highest BCUT2D eigenvalue weighted by Gasteiger charge is 2.08. The summed E-state index contributed by atoms with van der Waals surface area (Å²) in [6, 6.07) is 12.0. The maximum absolute atomic E-state index is 4.30. The molecule has 0 spiro atoms. The Hall–Kier alpha value is -1.90. The van der Waals surface area contributed by atoms with Gasteiger partial charge in [-0.05, 0) is 19.1 Å². The van der Waals surface area contributed by atoms with Crippen LogP contribution in [0.25, 0.3) is 0 Å². The molecule has 0 atom stereocenters. The Morgan fingerprint density at radius 2 is 2.00 bits per heavy atom. The summed E-state index contributed by atoms with van der Waals surface area (Å²) in [5.74, 6) is 0.867. The van der Waals surface area contributed by atoms with Crippen LogP contribution in [0.5, 0.6) is 0 Å². The average molecular weight is 200 g/mol. The molecule has 0 amide bonds. The molecule has 2 aromatic rings. The van der Waals surface area contributed by atoms with Gasteiger partial charge in [0.05, 0.1) is 18.4 Å². The lowest BCUT2D eigenvalue weighted by Crippen LogP contribution is -2.35. The van der Waals surface area contributed by atoms with Crippen LogP contribution in [-0.2, 0) is 6.54 Å². The third-order valence-corrected chi connectivity index (χ3v) is 2.19. The second-order valence-corrected chi connectivity index (χ2v) is 3.22. The summed E-state index contributed by atoms with van der Waals surface area (Å²) in [6.45, 7) is 3.00. The molecule has 0 bridgehead atoms. The van der Waals surface area contributed by atoms with Gasteiger partial charge in [0.1, 0.15) is 6.20 Å². The molecule has 15 heavy (non-hydrogen) atoms. The number of aromatic nitrogens is 2. The Kier molecular flexibility index (Phi) is 2.93. The Morgan fingerprint density at radius 1 is 1.20 bits per heavy atom. The summed E-state index contributed by atoms with van der Waals surface area (Å²) in [5, 5.41) is 3.28. The molecule has 1 aromatic heterocycles. The highest BCUT2D eigenvalue weighted by Crippen LogP contribution is 2.09. The van der Waals surface area contributed by atoms with Crippen molar-refractivity contribution in [2.75, 3.05) is 5.32 Å². The summed E-state index contributed by atoms with van der Waals surface area (Å²) in [6.07, 6.45) is 3.80. The third-order valence-electron chi connectivity index (χ3n) is 2.19. The summed E-state index contributed by atoms with van der Waals surface area (Å²) in [7, 11) is 0. The number of anilines is 2. The van der Waals surface area contributed by atoms with Crippen molar-refractivity contribution in [2.45, 2.75) is 13.5 Å². The molecule has 0 aliphatic rings. The van der Waals surface area contributed by atoms with Gasteiger partial charge in [0.15, 0.2) is 0 Å². The van der Waals surface area contributed by atoms with Gasteiger partial charge in [-0.3, -0.25) is 0 Å². The minimum absolute atomic E-state index is 0.867. The fourth-order valence-electron chi connectivity index (χ4n) is 1.41. The van der Waals surface area contributed by atoms with E-state index in [0.717, 1.165) is 18.2 Å². The van der Waals surface area contributed by atoms with E-state index >= 15 is 0 Å². The topological polar surface area (TPSA) is 28.8 Å². The van der Waals surface area contributed by atoms with Crippen LogP contribution >= 0.6 is 0 Å². The highest BCUT2D eigenvalue weighted by molar-refractivity contribution is 5.50. The lowest BCUT2D eigenvalue weighted by Gasteiger charge is -2.02. The molecule has 76 valence electrons. The van der Waals surface area contributed by atoms with Crippen molar-refractivity contribution >= 4 is 11.6 Å². The standard InChI is InChI=1S/C12H13N3/c1-2-15-10-6-9-13-12(15)14-11-7-4-3-5-8-11/h3-10H,2H2,1H3/p+1. The number of hydrogen-bond donors (Lipinski definition) is 1. The number of benzene rings is 1. The number of nitrogens with one attached hydrogen (secondary N) is 1. The normalized spacial score (nSPS) is 9.93. The van der Waals surface area contributed by atoms with Crippen LogP contribution in [0.4, 0.5) is 11.6 Å². The van der Waals surface area contributed by atoms with Crippen LogP contribution in [0.3, 0.4) is 0 Å². The molecular formula is C12H14N3+. The lowest BCUT2D eigenvalue weighted by molar-refractivity contribution is -0.681. The van der Waals surface area contributed by atoms with Gasteiger partial charge in [0, 0.05) is 6.07 Å². The van der Waals surface area contributed by atoms with Crippen LogP contribution in [-0.4, -0.2) is 4.98 Å². The number of aryl methyl sites for hydroxylation is 1. The minimum atomic E-state index is 0.867. The predicted octanol–water partition coefficient (Wildman–Crippen LogP) is 2.13. The van der Waals surface area contributed by atoms with Crippen LogP contribution in [0, 0.1) is 0 Å². The molecule has 1 heterocycles. The van der Waals surface area contributed by atoms with Crippen molar-refractivity contribution < 1.29 is 4.57 Å². The molecule has 1 aromatic carbocycles. The average Bonchev–Trinajstić information content (AvgIpc) is 2.31. The van der Waals surface area contributed by atoms with E-state index in [0.29, 0.717) is 0 Å². The Balaban J connectivity index is 2.24. The fraction of sp³-hybridized carbons (Fsp3) is 0.167. The zero-order valence-electron chi connectivity index (χ0n) is 8.72. The second kappa shape index (κ2) is 4.55. The molecule has 0 saturated heterocycles. The first-order valence-corrected chi connectivity index (χ1v) is 5.06. The van der Waals surface area contributed by atoms with Crippen molar-refractivity contribution in [3.63, 3.8) is 0 Å². The van der Waals surface area contributed by atoms with Gasteiger partial charge in [-0.25, -0.2) is 9.88 Å². The van der Waals surface area contributed by atoms with Crippen molar-refractivity contribution in [1.29, 1.82) is 0 Å². The molecule has 3 nitrogen and oxygen atoms in total. The van der Waals surface area contributed by atoms with Crippen LogP contribution in [0.2, 0.25) is 0 Å². The number of para-hydroxylation sites is 1. The number of nitrogens with zero attached hydrogens (tertiary/aromatic N) is 2. The first-order valence-electron chi connectivity index (χ1n) is 5.06. The quantitative estimate of drug-likeness (QED) is 0.769. The molecular weight excluding hydrogens is 186 g/mol. The van der Waals surface area contributed by atoms with Gasteiger partial charge in [0.2, 0.25) is 0 Å². The summed E-state index contributed by atoms with van der Waals surface area (Å²) >= 11 is 0. The lowest BCUT2D eigenvalue weighted by atomic mass is 10.3. The molecule has 2 rings (SSSR count). The third kappa shape index (κ3) is 2.31. The van der Waals surface area contributed by atoms with E-state index in [1.165, 1.54) is 0 Å². The molecule has 0 aliphatic heterocycles. The van der Waals surface area contributed by atoms with E-state index in [1.54, 1.807) is 6.20 Å². The predicted molar refractivity (Wildman–Crippen MR) is 59.8 cm³/mol. The van der Waals surface area contributed by atoms with Gasteiger partial charge < -0.3 is 0 Å². The van der Waals surface area contributed by atoms with Crippen molar-refractivity contribution in [3.05, 3.63) is 48.8 Å². The van der Waals surface area contributed by atoms with Gasteiger partial charge in [-0.2, -0.15) is 0 Å². The number of rotatable bonds is 3. The minimum Gasteiger partial charge on any atom is -0.242 e. The highest BCUT2D eigenvalue weighted by atomic mass is 15.2. The summed E-state index contributed by atoms with van der Waals surface area (Å²) in [4.78, 5) is 4.30. The van der Waals surface area contributed by atoms with Gasteiger partial charge in [0.25, 0.3) is 0 Å². The van der Waals surface area contributed by atoms with E-state index in [2.05, 4.69) is 21.8 Å². The van der Waals surface area contributed by atoms with Crippen LogP contribution in [0.1, 0.15) is 6.92 Å². The molecule has 0 aliphatic carbocycles. The van der Waals surface area contributed by atoms with Crippen LogP contribution in [0.15, 0.2) is 48.8 Å². The maximum Gasteiger partial charge on any atom is 0.396 e. The van der Waals surface area contributed by atoms with Gasteiger partial charge >= 0.3 is 5.95 Å². The zero-order valence-corrected chi connectivity index (χ0v) is 8.72. The zero-order chi connectivity index (χ0) is 10.5. The van der Waals surface area contributed by atoms with E-state index in [1.807, 2.05) is 42.6 Å². The SMILES string of the molecule is CC[n+]1cccnc1Nc1ccccc1. The monoisotopic (exact) mass is 200 g/mol. The smallest absolute Gasteiger partial charge is 0.242 e. The Morgan fingerprint density at radius 3 is 2.73 bits per heavy atom.